The summed E-state index contributed by atoms with van der Waals surface area (Å²) in [6.07, 6.45) is 8.03. The predicted octanol–water partition coefficient (Wildman–Crippen LogP) is 6.10. The normalized spacial score (nSPS) is 19.0. The quantitative estimate of drug-likeness (QED) is 0.193. The van der Waals surface area contributed by atoms with E-state index in [1.807, 2.05) is 71.6 Å². The third-order valence-electron chi connectivity index (χ3n) is 6.23. The summed E-state index contributed by atoms with van der Waals surface area (Å²) in [5, 5.41) is 4.89. The van der Waals surface area contributed by atoms with Crippen molar-refractivity contribution < 1.29 is 14.3 Å². The van der Waals surface area contributed by atoms with Crippen molar-refractivity contribution in [2.75, 3.05) is 19.8 Å². The van der Waals surface area contributed by atoms with Gasteiger partial charge in [-0.1, -0.05) is 55.5 Å². The van der Waals surface area contributed by atoms with Gasteiger partial charge in [0.15, 0.2) is 0 Å². The van der Waals surface area contributed by atoms with Crippen LogP contribution in [0.25, 0.3) is 23.0 Å². The predicted molar refractivity (Wildman–Crippen MR) is 148 cm³/mol. The van der Waals surface area contributed by atoms with Crippen LogP contribution in [0.4, 0.5) is 0 Å². The maximum absolute atomic E-state index is 13.3. The summed E-state index contributed by atoms with van der Waals surface area (Å²) < 4.78 is 14.0. The van der Waals surface area contributed by atoms with Gasteiger partial charge in [0, 0.05) is 23.9 Å². The van der Waals surface area contributed by atoms with Crippen LogP contribution in [0, 0.1) is 0 Å². The van der Waals surface area contributed by atoms with Crippen molar-refractivity contribution in [1.82, 2.24) is 14.7 Å². The lowest BCUT2D eigenvalue weighted by molar-refractivity contribution is -0.123. The van der Waals surface area contributed by atoms with E-state index in [0.29, 0.717) is 22.4 Å². The van der Waals surface area contributed by atoms with Crippen LogP contribution in [0.2, 0.25) is 0 Å². The lowest BCUT2D eigenvalue weighted by atomic mass is 10.1. The molecule has 3 heterocycles. The third-order valence-corrected chi connectivity index (χ3v) is 7.61. The molecule has 3 aromatic rings. The zero-order valence-electron chi connectivity index (χ0n) is 20.3. The highest BCUT2D eigenvalue weighted by molar-refractivity contribution is 8.26. The third kappa shape index (κ3) is 5.56. The maximum atomic E-state index is 13.3. The molecule has 1 aromatic heterocycles. The Morgan fingerprint density at radius 1 is 1.19 bits per heavy atom. The van der Waals surface area contributed by atoms with Crippen molar-refractivity contribution in [3.05, 3.63) is 71.3 Å². The Bertz CT molecular complexity index is 1250. The van der Waals surface area contributed by atoms with Gasteiger partial charge < -0.3 is 9.47 Å². The van der Waals surface area contributed by atoms with Crippen LogP contribution in [0.1, 0.15) is 38.2 Å². The molecule has 0 radical (unpaired) electrons. The van der Waals surface area contributed by atoms with Crippen molar-refractivity contribution in [1.29, 1.82) is 0 Å². The van der Waals surface area contributed by atoms with Crippen LogP contribution in [0.5, 0.6) is 5.75 Å². The second kappa shape index (κ2) is 11.4. The standard InChI is InChI=1S/C28H29N3O3S2/c1-2-3-15-33-23-13-11-20(12-14-23)26-21(18-31(29-26)22-8-5-4-6-9-22)17-25-27(32)30(28(35)36-25)19-24-10-7-16-34-24/h4-6,8-9,11-14,17-18,24H,2-3,7,10,15-16,19H2,1H3/b25-17-. The first kappa shape index (κ1) is 24.7. The van der Waals surface area contributed by atoms with Gasteiger partial charge in [0.2, 0.25) is 0 Å². The molecule has 6 nitrogen and oxygen atoms in total. The molecule has 0 N–H and O–H groups in total. The zero-order chi connectivity index (χ0) is 24.9. The number of hydrogen-bond acceptors (Lipinski definition) is 6. The summed E-state index contributed by atoms with van der Waals surface area (Å²) in [4.78, 5) is 15.5. The highest BCUT2D eigenvalue weighted by Crippen LogP contribution is 2.36. The highest BCUT2D eigenvalue weighted by atomic mass is 32.2. The molecule has 36 heavy (non-hydrogen) atoms. The van der Waals surface area contributed by atoms with Crippen molar-refractivity contribution in [3.8, 4) is 22.7 Å². The van der Waals surface area contributed by atoms with E-state index in [2.05, 4.69) is 6.92 Å². The number of amides is 1. The molecule has 0 aliphatic carbocycles. The Hall–Kier alpha value is -2.94. The second-order valence-corrected chi connectivity index (χ2v) is 10.5. The molecule has 186 valence electrons. The van der Waals surface area contributed by atoms with Gasteiger partial charge in [-0.05, 0) is 61.7 Å². The number of ether oxygens (including phenoxy) is 2. The van der Waals surface area contributed by atoms with Crippen LogP contribution in [-0.2, 0) is 9.53 Å². The molecule has 8 heteroatoms. The molecule has 0 bridgehead atoms. The number of para-hydroxylation sites is 1. The Kier molecular flexibility index (Phi) is 7.84. The first-order chi connectivity index (χ1) is 17.6. The van der Waals surface area contributed by atoms with Crippen molar-refractivity contribution >= 4 is 40.3 Å². The largest absolute Gasteiger partial charge is 0.494 e. The van der Waals surface area contributed by atoms with E-state index in [0.717, 1.165) is 60.5 Å². The maximum Gasteiger partial charge on any atom is 0.266 e. The molecule has 2 fully saturated rings. The Balaban J connectivity index is 1.45. The first-order valence-corrected chi connectivity index (χ1v) is 13.6. The van der Waals surface area contributed by atoms with Gasteiger partial charge in [-0.25, -0.2) is 4.68 Å². The molecule has 2 saturated heterocycles. The fourth-order valence-corrected chi connectivity index (χ4v) is 5.53. The average Bonchev–Trinajstić information content (AvgIpc) is 3.63. The number of carbonyl (C=O) groups is 1. The lowest BCUT2D eigenvalue weighted by Gasteiger charge is -2.18. The molecule has 2 aromatic carbocycles. The topological polar surface area (TPSA) is 56.6 Å². The van der Waals surface area contributed by atoms with E-state index in [1.165, 1.54) is 11.8 Å². The number of carbonyl (C=O) groups excluding carboxylic acids is 1. The minimum atomic E-state index is -0.0708. The van der Waals surface area contributed by atoms with Crippen molar-refractivity contribution in [2.24, 2.45) is 0 Å². The molecule has 0 saturated carbocycles. The van der Waals surface area contributed by atoms with Crippen molar-refractivity contribution in [2.45, 2.75) is 38.7 Å². The summed E-state index contributed by atoms with van der Waals surface area (Å²) in [7, 11) is 0. The van der Waals surface area contributed by atoms with Crippen LogP contribution < -0.4 is 4.74 Å². The minimum Gasteiger partial charge on any atom is -0.494 e. The summed E-state index contributed by atoms with van der Waals surface area (Å²) in [5.74, 6) is 0.768. The minimum absolute atomic E-state index is 0.0568. The lowest BCUT2D eigenvalue weighted by Crippen LogP contribution is -2.35. The molecular formula is C28H29N3O3S2. The number of thioether (sulfide) groups is 1. The van der Waals surface area contributed by atoms with Gasteiger partial charge in [-0.3, -0.25) is 9.69 Å². The van der Waals surface area contributed by atoms with Gasteiger partial charge in [-0.15, -0.1) is 0 Å². The molecule has 2 aliphatic heterocycles. The van der Waals surface area contributed by atoms with Crippen LogP contribution in [0.15, 0.2) is 65.7 Å². The van der Waals surface area contributed by atoms with E-state index >= 15 is 0 Å². The van der Waals surface area contributed by atoms with Crippen LogP contribution >= 0.6 is 24.0 Å². The van der Waals surface area contributed by atoms with E-state index in [-0.39, 0.29) is 12.0 Å². The van der Waals surface area contributed by atoms with E-state index in [4.69, 9.17) is 26.8 Å². The number of hydrogen-bond donors (Lipinski definition) is 0. The number of thiocarbonyl (C=S) groups is 1. The molecule has 1 atom stereocenters. The van der Waals surface area contributed by atoms with Gasteiger partial charge in [-0.2, -0.15) is 5.10 Å². The summed E-state index contributed by atoms with van der Waals surface area (Å²) >= 11 is 6.89. The SMILES string of the molecule is CCCCOc1ccc(-c2nn(-c3ccccc3)cc2/C=C2\SC(=S)N(CC3CCCO3)C2=O)cc1. The van der Waals surface area contributed by atoms with Gasteiger partial charge >= 0.3 is 0 Å². The number of rotatable bonds is 9. The van der Waals surface area contributed by atoms with Gasteiger partial charge in [0.25, 0.3) is 5.91 Å². The summed E-state index contributed by atoms with van der Waals surface area (Å²) in [6.45, 7) is 4.11. The number of aromatic nitrogens is 2. The highest BCUT2D eigenvalue weighted by Gasteiger charge is 2.35. The van der Waals surface area contributed by atoms with E-state index in [1.54, 1.807) is 4.90 Å². The van der Waals surface area contributed by atoms with E-state index in [9.17, 15) is 4.79 Å². The van der Waals surface area contributed by atoms with Crippen molar-refractivity contribution in [3.63, 3.8) is 0 Å². The molecule has 1 unspecified atom stereocenters. The fourth-order valence-electron chi connectivity index (χ4n) is 4.26. The van der Waals surface area contributed by atoms with Gasteiger partial charge in [0.05, 0.1) is 35.5 Å². The van der Waals surface area contributed by atoms with Crippen LogP contribution in [-0.4, -0.2) is 50.8 Å². The fraction of sp³-hybridized carbons (Fsp3) is 0.321. The number of nitrogens with zero attached hydrogens (tertiary/aromatic N) is 3. The smallest absolute Gasteiger partial charge is 0.266 e. The average molecular weight is 520 g/mol. The van der Waals surface area contributed by atoms with Gasteiger partial charge in [0.1, 0.15) is 10.1 Å². The summed E-state index contributed by atoms with van der Waals surface area (Å²) in [6, 6.07) is 17.9. The molecule has 2 aliphatic rings. The van der Waals surface area contributed by atoms with Crippen LogP contribution in [0.3, 0.4) is 0 Å². The Morgan fingerprint density at radius 2 is 2.00 bits per heavy atom. The second-order valence-electron chi connectivity index (χ2n) is 8.87. The molecule has 5 rings (SSSR count). The van der Waals surface area contributed by atoms with E-state index < -0.39 is 0 Å². The number of unbranched alkanes of at least 4 members (excludes halogenated alkanes) is 1. The molecular weight excluding hydrogens is 490 g/mol. The Labute approximate surface area is 221 Å². The first-order valence-electron chi connectivity index (χ1n) is 12.4. The monoisotopic (exact) mass is 519 g/mol. The summed E-state index contributed by atoms with van der Waals surface area (Å²) in [5.41, 5.74) is 3.55. The molecule has 1 amide bonds. The molecule has 0 spiro atoms. The zero-order valence-corrected chi connectivity index (χ0v) is 21.9. The number of benzene rings is 2. The Morgan fingerprint density at radius 3 is 2.72 bits per heavy atom.